The van der Waals surface area contributed by atoms with Crippen molar-refractivity contribution in [1.82, 2.24) is 4.90 Å². The zero-order chi connectivity index (χ0) is 17.8. The molecule has 0 bridgehead atoms. The lowest BCUT2D eigenvalue weighted by atomic mass is 10.1. The minimum atomic E-state index is -0.318. The summed E-state index contributed by atoms with van der Waals surface area (Å²) in [5.41, 5.74) is 1.51. The number of amides is 2. The Balaban J connectivity index is 1.85. The van der Waals surface area contributed by atoms with E-state index in [1.54, 1.807) is 18.2 Å². The number of rotatable bonds is 5. The number of carbonyl (C=O) groups excluding carboxylic acids is 2. The van der Waals surface area contributed by atoms with Gasteiger partial charge in [0, 0.05) is 10.6 Å². The van der Waals surface area contributed by atoms with Crippen LogP contribution in [0.3, 0.4) is 0 Å². The first-order chi connectivity index (χ1) is 12.1. The minimum absolute atomic E-state index is 0.161. The molecule has 1 saturated heterocycles. The molecule has 2 aromatic rings. The van der Waals surface area contributed by atoms with Gasteiger partial charge in [-0.05, 0) is 42.5 Å². The summed E-state index contributed by atoms with van der Waals surface area (Å²) in [5, 5.41) is 0.234. The Morgan fingerprint density at radius 2 is 1.84 bits per heavy atom. The number of carbonyl (C=O) groups is 2. The predicted molar refractivity (Wildman–Crippen MR) is 101 cm³/mol. The maximum Gasteiger partial charge on any atom is 0.293 e. The fourth-order valence-corrected chi connectivity index (χ4v) is 3.49. The average Bonchev–Trinajstić information content (AvgIpc) is 2.86. The topological polar surface area (TPSA) is 46.6 Å². The lowest BCUT2D eigenvalue weighted by molar-refractivity contribution is -0.123. The lowest BCUT2D eigenvalue weighted by Crippen LogP contribution is -2.27. The molecule has 0 aromatic heterocycles. The smallest absolute Gasteiger partial charge is 0.293 e. The molecule has 25 heavy (non-hydrogen) atoms. The van der Waals surface area contributed by atoms with Crippen LogP contribution >= 0.6 is 23.4 Å². The maximum atomic E-state index is 12.6. The van der Waals surface area contributed by atoms with Gasteiger partial charge < -0.3 is 4.74 Å². The molecular weight excluding hydrogens is 358 g/mol. The Morgan fingerprint density at radius 1 is 1.12 bits per heavy atom. The standard InChI is InChI=1S/C19H16ClNO3S/c1-2-24-16-10-6-4-7-13(16)11-17-18(22)21(19(23)25-17)12-14-8-3-5-9-15(14)20/h3-11H,2,12H2,1H3. The molecule has 128 valence electrons. The van der Waals surface area contributed by atoms with Gasteiger partial charge in [-0.25, -0.2) is 0 Å². The molecule has 0 atom stereocenters. The summed E-state index contributed by atoms with van der Waals surface area (Å²) in [4.78, 5) is 26.5. The van der Waals surface area contributed by atoms with E-state index >= 15 is 0 Å². The van der Waals surface area contributed by atoms with Crippen molar-refractivity contribution in [2.45, 2.75) is 13.5 Å². The minimum Gasteiger partial charge on any atom is -0.493 e. The van der Waals surface area contributed by atoms with Crippen LogP contribution in [-0.2, 0) is 11.3 Å². The van der Waals surface area contributed by atoms with Crippen LogP contribution in [0.15, 0.2) is 53.4 Å². The first kappa shape index (κ1) is 17.6. The van der Waals surface area contributed by atoms with Gasteiger partial charge in [-0.2, -0.15) is 0 Å². The third-order valence-electron chi connectivity index (χ3n) is 3.67. The van der Waals surface area contributed by atoms with Gasteiger partial charge in [0.05, 0.1) is 18.1 Å². The quantitative estimate of drug-likeness (QED) is 0.694. The summed E-state index contributed by atoms with van der Waals surface area (Å²) in [6.45, 7) is 2.59. The lowest BCUT2D eigenvalue weighted by Gasteiger charge is -2.13. The van der Waals surface area contributed by atoms with Crippen LogP contribution in [0.5, 0.6) is 5.75 Å². The third-order valence-corrected chi connectivity index (χ3v) is 4.94. The van der Waals surface area contributed by atoms with Gasteiger partial charge in [0.2, 0.25) is 0 Å². The van der Waals surface area contributed by atoms with Crippen molar-refractivity contribution in [3.8, 4) is 5.75 Å². The summed E-state index contributed by atoms with van der Waals surface area (Å²) in [6, 6.07) is 14.6. The van der Waals surface area contributed by atoms with Crippen LogP contribution in [0.1, 0.15) is 18.1 Å². The number of hydrogen-bond acceptors (Lipinski definition) is 4. The van der Waals surface area contributed by atoms with E-state index in [-0.39, 0.29) is 17.7 Å². The SMILES string of the molecule is CCOc1ccccc1C=C1SC(=O)N(Cc2ccccc2Cl)C1=O. The van der Waals surface area contributed by atoms with Gasteiger partial charge in [0.1, 0.15) is 5.75 Å². The molecule has 0 aliphatic carbocycles. The van der Waals surface area contributed by atoms with Crippen LogP contribution in [0.2, 0.25) is 5.02 Å². The molecule has 1 aliphatic heterocycles. The van der Waals surface area contributed by atoms with E-state index in [2.05, 4.69) is 0 Å². The van der Waals surface area contributed by atoms with Gasteiger partial charge in [0.25, 0.3) is 11.1 Å². The normalized spacial score (nSPS) is 15.9. The number of halogens is 1. The van der Waals surface area contributed by atoms with Crippen LogP contribution in [0, 0.1) is 0 Å². The number of ether oxygens (including phenoxy) is 1. The Bertz CT molecular complexity index is 850. The number of thioether (sulfide) groups is 1. The second-order valence-electron chi connectivity index (χ2n) is 5.33. The number of para-hydroxylation sites is 1. The van der Waals surface area contributed by atoms with E-state index < -0.39 is 0 Å². The molecule has 4 nitrogen and oxygen atoms in total. The van der Waals surface area contributed by atoms with Gasteiger partial charge in [-0.3, -0.25) is 14.5 Å². The second kappa shape index (κ2) is 7.76. The second-order valence-corrected chi connectivity index (χ2v) is 6.73. The molecule has 2 aromatic carbocycles. The fourth-order valence-electron chi connectivity index (χ4n) is 2.46. The van der Waals surface area contributed by atoms with Gasteiger partial charge >= 0.3 is 0 Å². The van der Waals surface area contributed by atoms with Gasteiger partial charge in [-0.15, -0.1) is 0 Å². The Kier molecular flexibility index (Phi) is 5.46. The van der Waals surface area contributed by atoms with Crippen molar-refractivity contribution in [3.63, 3.8) is 0 Å². The molecule has 2 amide bonds. The molecule has 0 N–H and O–H groups in total. The molecule has 0 spiro atoms. The third kappa shape index (κ3) is 3.89. The summed E-state index contributed by atoms with van der Waals surface area (Å²) < 4.78 is 5.57. The zero-order valence-electron chi connectivity index (χ0n) is 13.6. The molecule has 6 heteroatoms. The fraction of sp³-hybridized carbons (Fsp3) is 0.158. The van der Waals surface area contributed by atoms with E-state index in [0.717, 1.165) is 22.9 Å². The van der Waals surface area contributed by atoms with Crippen molar-refractivity contribution in [1.29, 1.82) is 0 Å². The van der Waals surface area contributed by atoms with Crippen LogP contribution < -0.4 is 4.74 Å². The highest BCUT2D eigenvalue weighted by Crippen LogP contribution is 2.35. The summed E-state index contributed by atoms with van der Waals surface area (Å²) >= 11 is 7.06. The molecule has 0 radical (unpaired) electrons. The highest BCUT2D eigenvalue weighted by Gasteiger charge is 2.35. The summed E-state index contributed by atoms with van der Waals surface area (Å²) in [6.07, 6.45) is 1.70. The van der Waals surface area contributed by atoms with E-state index in [4.69, 9.17) is 16.3 Å². The molecule has 0 saturated carbocycles. The summed E-state index contributed by atoms with van der Waals surface area (Å²) in [7, 11) is 0. The Hall–Kier alpha value is -2.24. The van der Waals surface area contributed by atoms with Crippen molar-refractivity contribution in [2.75, 3.05) is 6.61 Å². The predicted octanol–water partition coefficient (Wildman–Crippen LogP) is 4.98. The first-order valence-corrected chi connectivity index (χ1v) is 9.00. The summed E-state index contributed by atoms with van der Waals surface area (Å²) in [5.74, 6) is 0.365. The highest BCUT2D eigenvalue weighted by molar-refractivity contribution is 8.18. The van der Waals surface area contributed by atoms with Crippen molar-refractivity contribution >= 4 is 40.6 Å². The molecule has 3 rings (SSSR count). The molecule has 0 unspecified atom stereocenters. The Morgan fingerprint density at radius 3 is 2.60 bits per heavy atom. The average molecular weight is 374 g/mol. The van der Waals surface area contributed by atoms with Crippen LogP contribution in [0.4, 0.5) is 4.79 Å². The number of hydrogen-bond donors (Lipinski definition) is 0. The van der Waals surface area contributed by atoms with Crippen LogP contribution in [-0.4, -0.2) is 22.7 Å². The zero-order valence-corrected chi connectivity index (χ0v) is 15.1. The monoisotopic (exact) mass is 373 g/mol. The Labute approximate surface area is 155 Å². The van der Waals surface area contributed by atoms with Crippen molar-refractivity contribution < 1.29 is 14.3 Å². The van der Waals surface area contributed by atoms with E-state index in [0.29, 0.717) is 22.3 Å². The van der Waals surface area contributed by atoms with Gasteiger partial charge in [-0.1, -0.05) is 48.0 Å². The number of benzene rings is 2. The maximum absolute atomic E-state index is 12.6. The largest absolute Gasteiger partial charge is 0.493 e. The van der Waals surface area contributed by atoms with Crippen molar-refractivity contribution in [2.24, 2.45) is 0 Å². The molecule has 1 aliphatic rings. The van der Waals surface area contributed by atoms with E-state index in [9.17, 15) is 9.59 Å². The van der Waals surface area contributed by atoms with Crippen LogP contribution in [0.25, 0.3) is 6.08 Å². The molecule has 1 fully saturated rings. The first-order valence-electron chi connectivity index (χ1n) is 7.80. The highest BCUT2D eigenvalue weighted by atomic mass is 35.5. The number of nitrogens with zero attached hydrogens (tertiary/aromatic N) is 1. The number of imide groups is 1. The van der Waals surface area contributed by atoms with E-state index in [1.807, 2.05) is 43.3 Å². The van der Waals surface area contributed by atoms with Crippen molar-refractivity contribution in [3.05, 3.63) is 69.6 Å². The molecular formula is C19H16ClNO3S. The molecule has 1 heterocycles. The van der Waals surface area contributed by atoms with E-state index in [1.165, 1.54) is 4.90 Å². The van der Waals surface area contributed by atoms with Gasteiger partial charge in [0.15, 0.2) is 0 Å².